The van der Waals surface area contributed by atoms with Crippen molar-refractivity contribution < 1.29 is 14.3 Å². The minimum Gasteiger partial charge on any atom is -0.389 e. The third-order valence-corrected chi connectivity index (χ3v) is 2.89. The molecule has 1 unspecified atom stereocenters. The van der Waals surface area contributed by atoms with Crippen LogP contribution in [0.1, 0.15) is 24.5 Å². The zero-order chi connectivity index (χ0) is 13.5. The van der Waals surface area contributed by atoms with E-state index in [1.165, 1.54) is 6.08 Å². The smallest absolute Gasteiger partial charge is 0.338 e. The van der Waals surface area contributed by atoms with Crippen LogP contribution in [0.25, 0.3) is 6.08 Å². The normalized spacial score (nSPS) is 12.4. The maximum absolute atomic E-state index is 11.4. The molecule has 1 aromatic carbocycles. The summed E-state index contributed by atoms with van der Waals surface area (Å²) in [5.74, 6) is -1.42. The number of carbonyl (C=O) groups is 2. The summed E-state index contributed by atoms with van der Waals surface area (Å²) in [4.78, 5) is 22.6. The Morgan fingerprint density at radius 1 is 1.39 bits per heavy atom. The number of carbonyl (C=O) groups excluding carboxylic acids is 2. The van der Waals surface area contributed by atoms with Crippen molar-refractivity contribution in [2.45, 2.75) is 25.6 Å². The van der Waals surface area contributed by atoms with E-state index in [9.17, 15) is 9.59 Å². The zero-order valence-corrected chi connectivity index (χ0v) is 11.1. The Hall–Kier alpha value is -1.61. The van der Waals surface area contributed by atoms with Crippen molar-refractivity contribution in [2.75, 3.05) is 0 Å². The van der Waals surface area contributed by atoms with E-state index in [1.54, 1.807) is 13.0 Å². The minimum absolute atomic E-state index is 0.426. The maximum Gasteiger partial charge on any atom is 0.338 e. The van der Waals surface area contributed by atoms with Crippen LogP contribution in [-0.4, -0.2) is 17.3 Å². The summed E-state index contributed by atoms with van der Waals surface area (Å²) in [6.45, 7) is 3.68. The molecule has 1 aromatic rings. The van der Waals surface area contributed by atoms with E-state index in [-0.39, 0.29) is 0 Å². The summed E-state index contributed by atoms with van der Waals surface area (Å²) in [7, 11) is 0. The van der Waals surface area contributed by atoms with Crippen LogP contribution in [0.3, 0.4) is 0 Å². The van der Waals surface area contributed by atoms with Gasteiger partial charge in [-0.05, 0) is 30.5 Å². The highest BCUT2D eigenvalue weighted by Crippen LogP contribution is 2.09. The summed E-state index contributed by atoms with van der Waals surface area (Å²) in [5, 5.41) is -0.777. The van der Waals surface area contributed by atoms with Gasteiger partial charge in [0.25, 0.3) is 0 Å². The lowest BCUT2D eigenvalue weighted by Gasteiger charge is -2.03. The molecule has 0 aliphatic heterocycles. The fourth-order valence-electron chi connectivity index (χ4n) is 1.30. The first-order valence-electron chi connectivity index (χ1n) is 5.68. The summed E-state index contributed by atoms with van der Waals surface area (Å²) in [6, 6.07) is 7.59. The summed E-state index contributed by atoms with van der Waals surface area (Å²) < 4.78 is 4.57. The van der Waals surface area contributed by atoms with Gasteiger partial charge in [0, 0.05) is 6.08 Å². The SMILES string of the molecule is CCC(Cl)C(=O)OC(=O)C=Cc1ccccc1C. The second kappa shape index (κ2) is 6.97. The number of rotatable bonds is 4. The highest BCUT2D eigenvalue weighted by molar-refractivity contribution is 6.30. The van der Waals surface area contributed by atoms with E-state index in [1.807, 2.05) is 31.2 Å². The van der Waals surface area contributed by atoms with Crippen molar-refractivity contribution in [3.8, 4) is 0 Å². The number of esters is 2. The molecule has 0 heterocycles. The Morgan fingerprint density at radius 3 is 2.67 bits per heavy atom. The number of hydrogen-bond donors (Lipinski definition) is 0. The molecule has 0 saturated carbocycles. The van der Waals surface area contributed by atoms with Gasteiger partial charge in [-0.3, -0.25) is 0 Å². The average Bonchev–Trinajstić information content (AvgIpc) is 2.36. The fourth-order valence-corrected chi connectivity index (χ4v) is 1.34. The molecule has 0 amide bonds. The van der Waals surface area contributed by atoms with Gasteiger partial charge in [-0.15, -0.1) is 11.6 Å². The Labute approximate surface area is 111 Å². The van der Waals surface area contributed by atoms with Crippen molar-refractivity contribution in [3.05, 3.63) is 41.5 Å². The lowest BCUT2D eigenvalue weighted by atomic mass is 10.1. The minimum atomic E-state index is -0.777. The number of benzene rings is 1. The Bertz CT molecular complexity index is 466. The van der Waals surface area contributed by atoms with Gasteiger partial charge in [0.15, 0.2) is 0 Å². The van der Waals surface area contributed by atoms with Gasteiger partial charge in [0.2, 0.25) is 0 Å². The number of halogens is 1. The molecule has 0 fully saturated rings. The number of aryl methyl sites for hydroxylation is 1. The van der Waals surface area contributed by atoms with Crippen LogP contribution in [-0.2, 0) is 14.3 Å². The quantitative estimate of drug-likeness (QED) is 0.364. The topological polar surface area (TPSA) is 43.4 Å². The molecule has 0 aromatic heterocycles. The van der Waals surface area contributed by atoms with Crippen LogP contribution in [0.4, 0.5) is 0 Å². The van der Waals surface area contributed by atoms with Crippen molar-refractivity contribution in [2.24, 2.45) is 0 Å². The molecule has 0 N–H and O–H groups in total. The molecule has 0 radical (unpaired) electrons. The standard InChI is InChI=1S/C14H15ClO3/c1-3-12(15)14(17)18-13(16)9-8-11-7-5-4-6-10(11)2/h4-9,12H,3H2,1-2H3. The second-order valence-electron chi connectivity index (χ2n) is 3.81. The Kier molecular flexibility index (Phi) is 5.59. The average molecular weight is 267 g/mol. The predicted molar refractivity (Wildman–Crippen MR) is 71.2 cm³/mol. The highest BCUT2D eigenvalue weighted by Gasteiger charge is 2.16. The van der Waals surface area contributed by atoms with Crippen LogP contribution < -0.4 is 0 Å². The molecule has 0 bridgehead atoms. The molecule has 0 spiro atoms. The third-order valence-electron chi connectivity index (χ3n) is 2.40. The van der Waals surface area contributed by atoms with E-state index in [0.717, 1.165) is 11.1 Å². The van der Waals surface area contributed by atoms with Crippen molar-refractivity contribution in [3.63, 3.8) is 0 Å². The van der Waals surface area contributed by atoms with Crippen LogP contribution in [0.5, 0.6) is 0 Å². The van der Waals surface area contributed by atoms with E-state index >= 15 is 0 Å². The highest BCUT2D eigenvalue weighted by atomic mass is 35.5. The Balaban J connectivity index is 2.61. The van der Waals surface area contributed by atoms with E-state index in [4.69, 9.17) is 11.6 Å². The molecule has 18 heavy (non-hydrogen) atoms. The van der Waals surface area contributed by atoms with Crippen molar-refractivity contribution in [1.82, 2.24) is 0 Å². The molecule has 4 heteroatoms. The van der Waals surface area contributed by atoms with Gasteiger partial charge in [-0.1, -0.05) is 31.2 Å². The largest absolute Gasteiger partial charge is 0.389 e. The van der Waals surface area contributed by atoms with E-state index in [0.29, 0.717) is 6.42 Å². The van der Waals surface area contributed by atoms with Gasteiger partial charge in [-0.2, -0.15) is 0 Å². The number of alkyl halides is 1. The second-order valence-corrected chi connectivity index (χ2v) is 4.33. The van der Waals surface area contributed by atoms with Crippen molar-refractivity contribution in [1.29, 1.82) is 0 Å². The lowest BCUT2D eigenvalue weighted by molar-refractivity contribution is -0.155. The fraction of sp³-hybridized carbons (Fsp3) is 0.286. The van der Waals surface area contributed by atoms with Gasteiger partial charge in [-0.25, -0.2) is 9.59 Å². The van der Waals surface area contributed by atoms with E-state index < -0.39 is 17.3 Å². The van der Waals surface area contributed by atoms with Gasteiger partial charge < -0.3 is 4.74 Å². The Morgan fingerprint density at radius 2 is 2.06 bits per heavy atom. The molecule has 0 saturated heterocycles. The van der Waals surface area contributed by atoms with E-state index in [2.05, 4.69) is 4.74 Å². The molecular formula is C14H15ClO3. The number of ether oxygens (including phenoxy) is 1. The lowest BCUT2D eigenvalue weighted by Crippen LogP contribution is -2.19. The van der Waals surface area contributed by atoms with Crippen molar-refractivity contribution >= 4 is 29.6 Å². The molecule has 3 nitrogen and oxygen atoms in total. The molecule has 96 valence electrons. The van der Waals surface area contributed by atoms with Crippen LogP contribution >= 0.6 is 11.6 Å². The molecular weight excluding hydrogens is 252 g/mol. The van der Waals surface area contributed by atoms with Crippen LogP contribution in [0.2, 0.25) is 0 Å². The molecule has 0 aliphatic carbocycles. The van der Waals surface area contributed by atoms with Gasteiger partial charge in [0.1, 0.15) is 5.38 Å². The first-order valence-corrected chi connectivity index (χ1v) is 6.11. The monoisotopic (exact) mass is 266 g/mol. The van der Waals surface area contributed by atoms with Crippen LogP contribution in [0, 0.1) is 6.92 Å². The number of hydrogen-bond acceptors (Lipinski definition) is 3. The summed E-state index contributed by atoms with van der Waals surface area (Å²) in [5.41, 5.74) is 1.94. The summed E-state index contributed by atoms with van der Waals surface area (Å²) >= 11 is 5.65. The van der Waals surface area contributed by atoms with Crippen LogP contribution in [0.15, 0.2) is 30.3 Å². The summed E-state index contributed by atoms with van der Waals surface area (Å²) in [6.07, 6.45) is 3.26. The molecule has 0 aliphatic rings. The molecule has 1 atom stereocenters. The molecule has 1 rings (SSSR count). The first-order chi connectivity index (χ1) is 8.54. The van der Waals surface area contributed by atoms with Gasteiger partial charge in [0.05, 0.1) is 0 Å². The maximum atomic E-state index is 11.4. The first kappa shape index (κ1) is 14.5. The van der Waals surface area contributed by atoms with Gasteiger partial charge >= 0.3 is 11.9 Å². The third kappa shape index (κ3) is 4.34. The predicted octanol–water partition coefficient (Wildman–Crippen LogP) is 3.10. The zero-order valence-electron chi connectivity index (χ0n) is 10.4.